The Hall–Kier alpha value is -3.59. The summed E-state index contributed by atoms with van der Waals surface area (Å²) in [5, 5.41) is 7.07. The molecular formula is C20H26N8O. The highest BCUT2D eigenvalue weighted by molar-refractivity contribution is 5.77. The van der Waals surface area contributed by atoms with E-state index in [1.165, 1.54) is 5.56 Å². The van der Waals surface area contributed by atoms with Crippen molar-refractivity contribution in [3.05, 3.63) is 65.5 Å². The Balaban J connectivity index is 0.000000343. The van der Waals surface area contributed by atoms with Crippen LogP contribution in [0.25, 0.3) is 0 Å². The number of amides is 1. The minimum atomic E-state index is 0.204. The van der Waals surface area contributed by atoms with Gasteiger partial charge in [0.2, 0.25) is 5.91 Å². The fourth-order valence-electron chi connectivity index (χ4n) is 3.03. The molecule has 3 heterocycles. The fraction of sp³-hybridized carbons (Fsp3) is 0.250. The summed E-state index contributed by atoms with van der Waals surface area (Å²) in [6, 6.07) is 11.9. The number of anilines is 3. The summed E-state index contributed by atoms with van der Waals surface area (Å²) in [5.41, 5.74) is 17.9. The first-order chi connectivity index (χ1) is 14.0. The Bertz CT molecular complexity index is 946. The summed E-state index contributed by atoms with van der Waals surface area (Å²) in [6.45, 7) is 1.61. The van der Waals surface area contributed by atoms with Crippen LogP contribution >= 0.6 is 0 Å². The van der Waals surface area contributed by atoms with Crippen LogP contribution in [0, 0.1) is 0 Å². The highest BCUT2D eigenvalue weighted by Crippen LogP contribution is 2.24. The largest absolute Gasteiger partial charge is 0.395 e. The zero-order valence-corrected chi connectivity index (χ0v) is 16.1. The van der Waals surface area contributed by atoms with Crippen molar-refractivity contribution >= 4 is 23.2 Å². The molecule has 2 aromatic heterocycles. The normalized spacial score (nSPS) is 12.8. The Kier molecular flexibility index (Phi) is 6.64. The SMILES string of the molecule is NNc1nc(N)cc(Cc2cnn(Cc3ccccc3)c2)c1N.O=C1CCCN1. The average molecular weight is 394 g/mol. The number of nitrogens with one attached hydrogen (secondary N) is 2. The lowest BCUT2D eigenvalue weighted by Gasteiger charge is -2.10. The summed E-state index contributed by atoms with van der Waals surface area (Å²) < 4.78 is 1.90. The summed E-state index contributed by atoms with van der Waals surface area (Å²) in [4.78, 5) is 14.2. The van der Waals surface area contributed by atoms with Crippen molar-refractivity contribution in [3.8, 4) is 0 Å². The van der Waals surface area contributed by atoms with Gasteiger partial charge in [-0.2, -0.15) is 5.10 Å². The van der Waals surface area contributed by atoms with Crippen LogP contribution in [0.4, 0.5) is 17.3 Å². The molecule has 0 aliphatic carbocycles. The number of benzene rings is 1. The molecule has 0 unspecified atom stereocenters. The third-order valence-electron chi connectivity index (χ3n) is 4.47. The van der Waals surface area contributed by atoms with Gasteiger partial charge < -0.3 is 22.2 Å². The molecule has 1 saturated heterocycles. The molecule has 1 aliphatic heterocycles. The van der Waals surface area contributed by atoms with Gasteiger partial charge in [0.1, 0.15) is 5.82 Å². The van der Waals surface area contributed by atoms with Gasteiger partial charge in [-0.15, -0.1) is 0 Å². The predicted molar refractivity (Wildman–Crippen MR) is 114 cm³/mol. The minimum absolute atomic E-state index is 0.204. The van der Waals surface area contributed by atoms with E-state index in [1.54, 1.807) is 6.07 Å². The molecule has 9 nitrogen and oxygen atoms in total. The number of hydrazine groups is 1. The fourth-order valence-corrected chi connectivity index (χ4v) is 3.03. The van der Waals surface area contributed by atoms with Crippen LogP contribution in [-0.4, -0.2) is 27.2 Å². The molecule has 1 aromatic carbocycles. The van der Waals surface area contributed by atoms with E-state index in [2.05, 4.69) is 33.0 Å². The Labute approximate surface area is 169 Å². The zero-order chi connectivity index (χ0) is 20.6. The summed E-state index contributed by atoms with van der Waals surface area (Å²) in [5.74, 6) is 6.37. The number of nitrogens with two attached hydrogens (primary N) is 3. The second-order valence-electron chi connectivity index (χ2n) is 6.77. The van der Waals surface area contributed by atoms with Crippen LogP contribution in [0.3, 0.4) is 0 Å². The van der Waals surface area contributed by atoms with E-state index in [1.807, 2.05) is 35.3 Å². The first-order valence-electron chi connectivity index (χ1n) is 9.38. The van der Waals surface area contributed by atoms with Crippen molar-refractivity contribution in [1.29, 1.82) is 0 Å². The summed E-state index contributed by atoms with van der Waals surface area (Å²) in [6.07, 6.45) is 6.20. The molecule has 9 heteroatoms. The molecule has 0 bridgehead atoms. The molecule has 0 saturated carbocycles. The minimum Gasteiger partial charge on any atom is -0.395 e. The van der Waals surface area contributed by atoms with Crippen molar-refractivity contribution < 1.29 is 4.79 Å². The lowest BCUT2D eigenvalue weighted by Crippen LogP contribution is -2.13. The molecule has 1 amide bonds. The van der Waals surface area contributed by atoms with Gasteiger partial charge in [0.05, 0.1) is 18.4 Å². The van der Waals surface area contributed by atoms with Crippen LogP contribution in [0.1, 0.15) is 29.5 Å². The standard InChI is InChI=1S/C16H19N7.C4H7NO/c17-14-7-13(15(18)16(21-14)22-19)6-12-8-20-23(10-12)9-11-4-2-1-3-5-11;6-4-2-1-3-5-4/h1-5,7-8,10H,6,9,18-19H2,(H3,17,21,22);1-3H2,(H,5,6). The first-order valence-corrected chi connectivity index (χ1v) is 9.38. The second-order valence-corrected chi connectivity index (χ2v) is 6.77. The maximum atomic E-state index is 10.1. The average Bonchev–Trinajstić information content (AvgIpc) is 3.37. The van der Waals surface area contributed by atoms with Crippen LogP contribution in [0.15, 0.2) is 48.8 Å². The van der Waals surface area contributed by atoms with E-state index in [-0.39, 0.29) is 5.91 Å². The Morgan fingerprint density at radius 2 is 1.97 bits per heavy atom. The Morgan fingerprint density at radius 3 is 2.59 bits per heavy atom. The van der Waals surface area contributed by atoms with Gasteiger partial charge in [0, 0.05) is 25.6 Å². The van der Waals surface area contributed by atoms with Gasteiger partial charge >= 0.3 is 0 Å². The van der Waals surface area contributed by atoms with Gasteiger partial charge in [-0.25, -0.2) is 10.8 Å². The molecule has 29 heavy (non-hydrogen) atoms. The third kappa shape index (κ3) is 5.69. The number of carbonyl (C=O) groups excluding carboxylic acids is 1. The number of nitrogens with zero attached hydrogens (tertiary/aromatic N) is 3. The number of nitrogen functional groups attached to an aromatic ring is 3. The van der Waals surface area contributed by atoms with Crippen LogP contribution in [0.5, 0.6) is 0 Å². The van der Waals surface area contributed by atoms with E-state index in [0.29, 0.717) is 23.7 Å². The first kappa shape index (κ1) is 20.2. The number of hydrogen-bond donors (Lipinski definition) is 5. The Morgan fingerprint density at radius 1 is 1.17 bits per heavy atom. The van der Waals surface area contributed by atoms with Crippen molar-refractivity contribution in [2.75, 3.05) is 23.4 Å². The molecule has 0 radical (unpaired) electrons. The molecule has 3 aromatic rings. The predicted octanol–water partition coefficient (Wildman–Crippen LogP) is 1.26. The monoisotopic (exact) mass is 394 g/mol. The van der Waals surface area contributed by atoms with Crippen LogP contribution < -0.4 is 28.1 Å². The number of hydrogen-bond acceptors (Lipinski definition) is 7. The summed E-state index contributed by atoms with van der Waals surface area (Å²) in [7, 11) is 0. The molecule has 0 spiro atoms. The van der Waals surface area contributed by atoms with E-state index < -0.39 is 0 Å². The van der Waals surface area contributed by atoms with Gasteiger partial charge in [-0.1, -0.05) is 30.3 Å². The van der Waals surface area contributed by atoms with E-state index >= 15 is 0 Å². The molecule has 1 fully saturated rings. The molecule has 8 N–H and O–H groups in total. The molecule has 4 rings (SSSR count). The molecule has 1 aliphatic rings. The van der Waals surface area contributed by atoms with Crippen LogP contribution in [-0.2, 0) is 17.8 Å². The second kappa shape index (κ2) is 9.56. The molecule has 152 valence electrons. The van der Waals surface area contributed by atoms with E-state index in [0.717, 1.165) is 37.1 Å². The van der Waals surface area contributed by atoms with E-state index in [9.17, 15) is 4.79 Å². The van der Waals surface area contributed by atoms with E-state index in [4.69, 9.17) is 17.3 Å². The molecule has 0 atom stereocenters. The smallest absolute Gasteiger partial charge is 0.220 e. The molecular weight excluding hydrogens is 368 g/mol. The van der Waals surface area contributed by atoms with Gasteiger partial charge in [0.25, 0.3) is 0 Å². The van der Waals surface area contributed by atoms with Crippen molar-refractivity contribution in [3.63, 3.8) is 0 Å². The van der Waals surface area contributed by atoms with Crippen LogP contribution in [0.2, 0.25) is 0 Å². The lowest BCUT2D eigenvalue weighted by atomic mass is 10.1. The zero-order valence-electron chi connectivity index (χ0n) is 16.1. The van der Waals surface area contributed by atoms with Crippen molar-refractivity contribution in [1.82, 2.24) is 20.1 Å². The maximum Gasteiger partial charge on any atom is 0.220 e. The van der Waals surface area contributed by atoms with Gasteiger partial charge in [-0.3, -0.25) is 9.48 Å². The van der Waals surface area contributed by atoms with Gasteiger partial charge in [-0.05, 0) is 29.2 Å². The topological polar surface area (TPSA) is 150 Å². The summed E-state index contributed by atoms with van der Waals surface area (Å²) >= 11 is 0. The quantitative estimate of drug-likeness (QED) is 0.323. The van der Waals surface area contributed by atoms with Gasteiger partial charge in [0.15, 0.2) is 5.82 Å². The third-order valence-corrected chi connectivity index (χ3v) is 4.47. The number of pyridine rings is 1. The maximum absolute atomic E-state index is 10.1. The highest BCUT2D eigenvalue weighted by Gasteiger charge is 2.10. The van der Waals surface area contributed by atoms with Crippen molar-refractivity contribution in [2.24, 2.45) is 5.84 Å². The highest BCUT2D eigenvalue weighted by atomic mass is 16.1. The number of rotatable bonds is 5. The van der Waals surface area contributed by atoms with Crippen molar-refractivity contribution in [2.45, 2.75) is 25.8 Å². The number of carbonyl (C=O) groups is 1. The lowest BCUT2D eigenvalue weighted by molar-refractivity contribution is -0.119. The number of aromatic nitrogens is 3.